The van der Waals surface area contributed by atoms with Crippen LogP contribution in [0.1, 0.15) is 19.3 Å². The number of carbonyl (C=O) groups excluding carboxylic acids is 1. The zero-order valence-corrected chi connectivity index (χ0v) is 7.33. The predicted molar refractivity (Wildman–Crippen MR) is 43.3 cm³/mol. The Kier molecular flexibility index (Phi) is 5.03. The summed E-state index contributed by atoms with van der Waals surface area (Å²) in [5, 5.41) is 9.62. The second kappa shape index (κ2) is 5.54. The van der Waals surface area contributed by atoms with Crippen molar-refractivity contribution in [3.63, 3.8) is 0 Å². The van der Waals surface area contributed by atoms with Gasteiger partial charge in [-0.25, -0.2) is 5.43 Å². The molecule has 0 aliphatic rings. The summed E-state index contributed by atoms with van der Waals surface area (Å²) in [6.45, 7) is 0. The zero-order valence-electron chi connectivity index (χ0n) is 7.33. The lowest BCUT2D eigenvalue weighted by Gasteiger charge is -2.14. The molecule has 0 bridgehead atoms. The molecule has 0 aromatic rings. The summed E-state index contributed by atoms with van der Waals surface area (Å²) in [6.07, 6.45) is 0.702. The summed E-state index contributed by atoms with van der Waals surface area (Å²) in [5.74, 6) is -0.964. The minimum atomic E-state index is -0.866. The van der Waals surface area contributed by atoms with Crippen molar-refractivity contribution in [2.45, 2.75) is 19.3 Å². The van der Waals surface area contributed by atoms with Gasteiger partial charge in [0.15, 0.2) is 0 Å². The standard InChI is InChI=1S/C7H14N2O3/c1-8-9(2)6(10)4-3-5-7(11)12/h8H,3-5H2,1-2H3,(H,11,12). The molecule has 2 N–H and O–H groups in total. The number of hydrogen-bond acceptors (Lipinski definition) is 3. The van der Waals surface area contributed by atoms with Crippen LogP contribution in [0.2, 0.25) is 0 Å². The number of aliphatic carboxylic acids is 1. The van der Waals surface area contributed by atoms with Crippen LogP contribution >= 0.6 is 0 Å². The lowest BCUT2D eigenvalue weighted by Crippen LogP contribution is -2.36. The Morgan fingerprint density at radius 1 is 1.42 bits per heavy atom. The highest BCUT2D eigenvalue weighted by Crippen LogP contribution is 1.97. The average Bonchev–Trinajstić information content (AvgIpc) is 2.02. The maximum atomic E-state index is 11.0. The fraction of sp³-hybridized carbons (Fsp3) is 0.714. The summed E-state index contributed by atoms with van der Waals surface area (Å²) >= 11 is 0. The maximum Gasteiger partial charge on any atom is 0.303 e. The summed E-state index contributed by atoms with van der Waals surface area (Å²) in [6, 6.07) is 0. The van der Waals surface area contributed by atoms with Gasteiger partial charge in [-0.05, 0) is 6.42 Å². The van der Waals surface area contributed by atoms with Gasteiger partial charge in [-0.15, -0.1) is 0 Å². The van der Waals surface area contributed by atoms with Crippen molar-refractivity contribution in [1.29, 1.82) is 0 Å². The molecule has 0 saturated heterocycles. The van der Waals surface area contributed by atoms with Crippen LogP contribution in [0.5, 0.6) is 0 Å². The summed E-state index contributed by atoms with van der Waals surface area (Å²) < 4.78 is 0. The molecule has 5 heteroatoms. The number of hydrazine groups is 1. The van der Waals surface area contributed by atoms with Crippen molar-refractivity contribution >= 4 is 11.9 Å². The predicted octanol–water partition coefficient (Wildman–Crippen LogP) is -0.166. The Morgan fingerprint density at radius 2 is 2.00 bits per heavy atom. The van der Waals surface area contributed by atoms with Gasteiger partial charge in [0.05, 0.1) is 0 Å². The normalized spacial score (nSPS) is 9.50. The highest BCUT2D eigenvalue weighted by molar-refractivity contribution is 5.76. The van der Waals surface area contributed by atoms with E-state index in [-0.39, 0.29) is 18.7 Å². The molecule has 0 aliphatic carbocycles. The molecule has 0 spiro atoms. The van der Waals surface area contributed by atoms with Gasteiger partial charge >= 0.3 is 5.97 Å². The first-order valence-corrected chi connectivity index (χ1v) is 3.73. The molecule has 0 atom stereocenters. The Balaban J connectivity index is 3.50. The molecule has 0 radical (unpaired) electrons. The fourth-order valence-electron chi connectivity index (χ4n) is 0.683. The van der Waals surface area contributed by atoms with Crippen molar-refractivity contribution in [2.75, 3.05) is 14.1 Å². The number of nitrogens with one attached hydrogen (secondary N) is 1. The lowest BCUT2D eigenvalue weighted by atomic mass is 10.2. The van der Waals surface area contributed by atoms with Gasteiger partial charge in [-0.3, -0.25) is 14.6 Å². The number of carboxylic acid groups (broad SMARTS) is 1. The smallest absolute Gasteiger partial charge is 0.303 e. The highest BCUT2D eigenvalue weighted by atomic mass is 16.4. The van der Waals surface area contributed by atoms with Gasteiger partial charge in [0, 0.05) is 26.9 Å². The number of carboxylic acids is 1. The van der Waals surface area contributed by atoms with Crippen molar-refractivity contribution < 1.29 is 14.7 Å². The average molecular weight is 174 g/mol. The molecule has 0 aromatic heterocycles. The Morgan fingerprint density at radius 3 is 2.42 bits per heavy atom. The van der Waals surface area contributed by atoms with Crippen LogP contribution < -0.4 is 5.43 Å². The number of hydrogen-bond donors (Lipinski definition) is 2. The van der Waals surface area contributed by atoms with Gasteiger partial charge < -0.3 is 5.11 Å². The molecule has 70 valence electrons. The number of amides is 1. The lowest BCUT2D eigenvalue weighted by molar-refractivity contribution is -0.137. The third-order valence-corrected chi connectivity index (χ3v) is 1.49. The van der Waals surface area contributed by atoms with Gasteiger partial charge in [0.2, 0.25) is 5.91 Å². The van der Waals surface area contributed by atoms with Crippen LogP contribution in [0, 0.1) is 0 Å². The minimum absolute atomic E-state index is 0.0449. The molecule has 0 unspecified atom stereocenters. The van der Waals surface area contributed by atoms with Crippen molar-refractivity contribution in [2.24, 2.45) is 0 Å². The molecule has 0 saturated carbocycles. The van der Waals surface area contributed by atoms with E-state index in [0.717, 1.165) is 0 Å². The monoisotopic (exact) mass is 174 g/mol. The molecule has 0 rings (SSSR count). The van der Waals surface area contributed by atoms with E-state index >= 15 is 0 Å². The largest absolute Gasteiger partial charge is 0.481 e. The summed E-state index contributed by atoms with van der Waals surface area (Å²) in [4.78, 5) is 21.1. The molecular formula is C7H14N2O3. The molecule has 0 fully saturated rings. The van der Waals surface area contributed by atoms with E-state index in [1.165, 1.54) is 5.01 Å². The molecule has 5 nitrogen and oxygen atoms in total. The third kappa shape index (κ3) is 4.68. The quantitative estimate of drug-likeness (QED) is 0.568. The topological polar surface area (TPSA) is 69.6 Å². The second-order valence-electron chi connectivity index (χ2n) is 2.42. The van der Waals surface area contributed by atoms with Crippen LogP contribution in [0.4, 0.5) is 0 Å². The van der Waals surface area contributed by atoms with Crippen molar-refractivity contribution in [3.05, 3.63) is 0 Å². The first kappa shape index (κ1) is 10.9. The molecule has 12 heavy (non-hydrogen) atoms. The molecule has 0 heterocycles. The number of carbonyl (C=O) groups is 2. The Hall–Kier alpha value is -1.10. The first-order chi connectivity index (χ1) is 5.57. The van der Waals surface area contributed by atoms with Gasteiger partial charge in [0.1, 0.15) is 0 Å². The van der Waals surface area contributed by atoms with E-state index in [9.17, 15) is 9.59 Å². The molecule has 1 amide bonds. The number of nitrogens with zero attached hydrogens (tertiary/aromatic N) is 1. The van der Waals surface area contributed by atoms with Gasteiger partial charge in [-0.2, -0.15) is 0 Å². The second-order valence-corrected chi connectivity index (χ2v) is 2.42. The van der Waals surface area contributed by atoms with Crippen LogP contribution in [0.25, 0.3) is 0 Å². The van der Waals surface area contributed by atoms with Crippen molar-refractivity contribution in [1.82, 2.24) is 10.4 Å². The molecule has 0 aromatic carbocycles. The van der Waals surface area contributed by atoms with Gasteiger partial charge in [0.25, 0.3) is 0 Å². The SMILES string of the molecule is CNN(C)C(=O)CCCC(=O)O. The van der Waals surface area contributed by atoms with E-state index < -0.39 is 5.97 Å². The van der Waals surface area contributed by atoms with Crippen LogP contribution in [0.3, 0.4) is 0 Å². The van der Waals surface area contributed by atoms with Crippen molar-refractivity contribution in [3.8, 4) is 0 Å². The van der Waals surface area contributed by atoms with E-state index in [1.807, 2.05) is 0 Å². The Labute approximate surface area is 71.3 Å². The minimum Gasteiger partial charge on any atom is -0.481 e. The summed E-state index contributed by atoms with van der Waals surface area (Å²) in [7, 11) is 3.23. The van der Waals surface area contributed by atoms with E-state index in [1.54, 1.807) is 14.1 Å². The molecular weight excluding hydrogens is 160 g/mol. The number of rotatable bonds is 5. The zero-order chi connectivity index (χ0) is 9.56. The van der Waals surface area contributed by atoms with Crippen LogP contribution in [-0.4, -0.2) is 36.1 Å². The van der Waals surface area contributed by atoms with E-state index in [2.05, 4.69) is 5.43 Å². The van der Waals surface area contributed by atoms with Crippen LogP contribution in [-0.2, 0) is 9.59 Å². The van der Waals surface area contributed by atoms with E-state index in [0.29, 0.717) is 6.42 Å². The maximum absolute atomic E-state index is 11.0. The van der Waals surface area contributed by atoms with Crippen LogP contribution in [0.15, 0.2) is 0 Å². The fourth-order valence-corrected chi connectivity index (χ4v) is 0.683. The highest BCUT2D eigenvalue weighted by Gasteiger charge is 2.06. The third-order valence-electron chi connectivity index (χ3n) is 1.49. The summed E-state index contributed by atoms with van der Waals surface area (Å²) in [5.41, 5.74) is 2.64. The Bertz CT molecular complexity index is 170. The van der Waals surface area contributed by atoms with E-state index in [4.69, 9.17) is 5.11 Å². The first-order valence-electron chi connectivity index (χ1n) is 3.73. The van der Waals surface area contributed by atoms with Gasteiger partial charge in [-0.1, -0.05) is 0 Å². The molecule has 0 aliphatic heterocycles.